The lowest BCUT2D eigenvalue weighted by atomic mass is 10.2. The fourth-order valence-corrected chi connectivity index (χ4v) is 1.89. The lowest BCUT2D eigenvalue weighted by molar-refractivity contribution is 0.608. The van der Waals surface area contributed by atoms with Crippen LogP contribution in [0.3, 0.4) is 0 Å². The second kappa shape index (κ2) is 4.93. The molecule has 0 spiro atoms. The molecule has 2 aromatic heterocycles. The average Bonchev–Trinajstić information content (AvgIpc) is 2.92. The van der Waals surface area contributed by atoms with E-state index in [1.165, 1.54) is 0 Å². The van der Waals surface area contributed by atoms with Gasteiger partial charge in [-0.25, -0.2) is 4.98 Å². The maximum atomic E-state index is 5.74. The molecule has 6 heteroatoms. The number of rotatable bonds is 4. The van der Waals surface area contributed by atoms with E-state index in [0.29, 0.717) is 0 Å². The summed E-state index contributed by atoms with van der Waals surface area (Å²) in [7, 11) is 0. The van der Waals surface area contributed by atoms with Gasteiger partial charge in [0.05, 0.1) is 18.3 Å². The molecule has 3 N–H and O–H groups in total. The highest BCUT2D eigenvalue weighted by atomic mass is 15.4. The zero-order chi connectivity index (χ0) is 13.1. The van der Waals surface area contributed by atoms with Crippen LogP contribution < -0.4 is 11.1 Å². The Kier molecular flexibility index (Phi) is 2.97. The molecule has 0 aliphatic rings. The minimum Gasteiger partial charge on any atom is -0.399 e. The summed E-state index contributed by atoms with van der Waals surface area (Å²) < 4.78 is 1.77. The Bertz CT molecular complexity index is 677. The third-order valence-electron chi connectivity index (χ3n) is 2.83. The first-order chi connectivity index (χ1) is 9.31. The third kappa shape index (κ3) is 2.62. The number of hydrogen-bond donors (Lipinski definition) is 2. The highest BCUT2D eigenvalue weighted by Crippen LogP contribution is 2.17. The number of nitrogens with two attached hydrogens (primary N) is 1. The van der Waals surface area contributed by atoms with Crippen molar-refractivity contribution in [3.8, 4) is 0 Å². The summed E-state index contributed by atoms with van der Waals surface area (Å²) >= 11 is 0. The van der Waals surface area contributed by atoms with E-state index >= 15 is 0 Å². The Morgan fingerprint density at radius 3 is 3.00 bits per heavy atom. The zero-order valence-corrected chi connectivity index (χ0v) is 10.3. The van der Waals surface area contributed by atoms with Gasteiger partial charge in [0.1, 0.15) is 5.82 Å². The predicted molar refractivity (Wildman–Crippen MR) is 74.7 cm³/mol. The molecule has 3 aromatic rings. The minimum atomic E-state index is 0.747. The summed E-state index contributed by atoms with van der Waals surface area (Å²) in [5.74, 6) is 0.845. The molecule has 6 nitrogen and oxygen atoms in total. The topological polar surface area (TPSA) is 81.6 Å². The van der Waals surface area contributed by atoms with Gasteiger partial charge in [-0.05, 0) is 30.3 Å². The van der Waals surface area contributed by atoms with E-state index in [0.717, 1.165) is 35.5 Å². The van der Waals surface area contributed by atoms with Crippen LogP contribution in [-0.2, 0) is 6.54 Å². The zero-order valence-electron chi connectivity index (χ0n) is 10.3. The van der Waals surface area contributed by atoms with Gasteiger partial charge in [0.2, 0.25) is 0 Å². The maximum absolute atomic E-state index is 5.74. The van der Waals surface area contributed by atoms with E-state index < -0.39 is 0 Å². The van der Waals surface area contributed by atoms with E-state index in [2.05, 4.69) is 20.6 Å². The first kappa shape index (κ1) is 11.5. The van der Waals surface area contributed by atoms with Crippen LogP contribution in [0.4, 0.5) is 11.5 Å². The Morgan fingerprint density at radius 1 is 1.21 bits per heavy atom. The number of nitrogen functional groups attached to an aromatic ring is 1. The number of nitrogens with zero attached hydrogens (tertiary/aromatic N) is 4. The van der Waals surface area contributed by atoms with Crippen LogP contribution in [0.25, 0.3) is 10.9 Å². The van der Waals surface area contributed by atoms with E-state index in [1.807, 2.05) is 36.5 Å². The lowest BCUT2D eigenvalue weighted by Gasteiger charge is -2.07. The first-order valence-electron chi connectivity index (χ1n) is 6.05. The highest BCUT2D eigenvalue weighted by Gasteiger charge is 1.99. The molecular formula is C13H14N6. The molecule has 96 valence electrons. The summed E-state index contributed by atoms with van der Waals surface area (Å²) in [6.07, 6.45) is 3.50. The van der Waals surface area contributed by atoms with Crippen LogP contribution in [0.15, 0.2) is 42.7 Å². The number of nitrogens with one attached hydrogen (secondary N) is 1. The summed E-state index contributed by atoms with van der Waals surface area (Å²) in [6, 6.07) is 9.66. The predicted octanol–water partition coefficient (Wildman–Crippen LogP) is 1.52. The molecule has 0 amide bonds. The number of anilines is 2. The van der Waals surface area contributed by atoms with Crippen LogP contribution in [0, 0.1) is 0 Å². The number of hydrogen-bond acceptors (Lipinski definition) is 5. The first-order valence-corrected chi connectivity index (χ1v) is 6.05. The van der Waals surface area contributed by atoms with Gasteiger partial charge >= 0.3 is 0 Å². The van der Waals surface area contributed by atoms with Gasteiger partial charge in [-0.2, -0.15) is 0 Å². The van der Waals surface area contributed by atoms with Gasteiger partial charge in [0, 0.05) is 23.8 Å². The molecule has 2 heterocycles. The molecule has 0 radical (unpaired) electrons. The van der Waals surface area contributed by atoms with Gasteiger partial charge in [-0.3, -0.25) is 4.68 Å². The van der Waals surface area contributed by atoms with Crippen molar-refractivity contribution in [2.75, 3.05) is 17.6 Å². The molecule has 0 unspecified atom stereocenters. The van der Waals surface area contributed by atoms with Gasteiger partial charge in [0.15, 0.2) is 0 Å². The third-order valence-corrected chi connectivity index (χ3v) is 2.83. The van der Waals surface area contributed by atoms with E-state index in [1.54, 1.807) is 10.9 Å². The maximum Gasteiger partial charge on any atom is 0.126 e. The summed E-state index contributed by atoms with van der Waals surface area (Å²) in [5, 5.41) is 12.0. The fraction of sp³-hybridized carbons (Fsp3) is 0.154. The van der Waals surface area contributed by atoms with Gasteiger partial charge in [-0.15, -0.1) is 5.10 Å². The van der Waals surface area contributed by atoms with Crippen molar-refractivity contribution < 1.29 is 0 Å². The lowest BCUT2D eigenvalue weighted by Crippen LogP contribution is -2.11. The molecule has 0 aliphatic carbocycles. The Labute approximate surface area is 110 Å². The molecule has 0 aliphatic heterocycles. The molecular weight excluding hydrogens is 240 g/mol. The largest absolute Gasteiger partial charge is 0.399 e. The van der Waals surface area contributed by atoms with Crippen molar-refractivity contribution in [1.29, 1.82) is 0 Å². The van der Waals surface area contributed by atoms with Gasteiger partial charge in [0.25, 0.3) is 0 Å². The van der Waals surface area contributed by atoms with Crippen molar-refractivity contribution in [2.45, 2.75) is 6.54 Å². The molecule has 0 fully saturated rings. The van der Waals surface area contributed by atoms with Crippen molar-refractivity contribution >= 4 is 22.4 Å². The van der Waals surface area contributed by atoms with Gasteiger partial charge in [-0.1, -0.05) is 5.21 Å². The average molecular weight is 254 g/mol. The van der Waals surface area contributed by atoms with Gasteiger partial charge < -0.3 is 11.1 Å². The normalized spacial score (nSPS) is 10.7. The number of benzene rings is 1. The molecule has 19 heavy (non-hydrogen) atoms. The van der Waals surface area contributed by atoms with Crippen LogP contribution in [-0.4, -0.2) is 26.5 Å². The van der Waals surface area contributed by atoms with E-state index in [4.69, 9.17) is 5.73 Å². The van der Waals surface area contributed by atoms with E-state index in [-0.39, 0.29) is 0 Å². The molecule has 3 rings (SSSR count). The standard InChI is InChI=1S/C13H14N6/c14-11-2-3-12-10(9-11)1-4-13(17-12)15-5-7-19-8-6-16-18-19/h1-4,6,8-9H,5,7,14H2,(H,15,17). The second-order valence-electron chi connectivity index (χ2n) is 4.24. The summed E-state index contributed by atoms with van der Waals surface area (Å²) in [6.45, 7) is 1.50. The Hall–Kier alpha value is -2.63. The quantitative estimate of drug-likeness (QED) is 0.690. The number of fused-ring (bicyclic) bond motifs is 1. The Morgan fingerprint density at radius 2 is 2.16 bits per heavy atom. The molecule has 0 atom stereocenters. The summed E-state index contributed by atoms with van der Waals surface area (Å²) in [5.41, 5.74) is 7.42. The Balaban J connectivity index is 1.69. The smallest absolute Gasteiger partial charge is 0.126 e. The van der Waals surface area contributed by atoms with E-state index in [9.17, 15) is 0 Å². The van der Waals surface area contributed by atoms with Crippen molar-refractivity contribution in [3.05, 3.63) is 42.7 Å². The molecule has 0 saturated carbocycles. The van der Waals surface area contributed by atoms with Crippen molar-refractivity contribution in [1.82, 2.24) is 20.0 Å². The van der Waals surface area contributed by atoms with Crippen molar-refractivity contribution in [2.24, 2.45) is 0 Å². The number of aromatic nitrogens is 4. The molecule has 0 saturated heterocycles. The SMILES string of the molecule is Nc1ccc2nc(NCCn3ccnn3)ccc2c1. The molecule has 0 bridgehead atoms. The number of pyridine rings is 1. The van der Waals surface area contributed by atoms with Crippen LogP contribution in [0.2, 0.25) is 0 Å². The minimum absolute atomic E-state index is 0.747. The van der Waals surface area contributed by atoms with Crippen LogP contribution in [0.5, 0.6) is 0 Å². The monoisotopic (exact) mass is 254 g/mol. The van der Waals surface area contributed by atoms with Crippen LogP contribution in [0.1, 0.15) is 0 Å². The summed E-state index contributed by atoms with van der Waals surface area (Å²) in [4.78, 5) is 4.52. The fourth-order valence-electron chi connectivity index (χ4n) is 1.89. The highest BCUT2D eigenvalue weighted by molar-refractivity contribution is 5.83. The second-order valence-corrected chi connectivity index (χ2v) is 4.24. The van der Waals surface area contributed by atoms with Crippen LogP contribution >= 0.6 is 0 Å². The molecule has 1 aromatic carbocycles. The van der Waals surface area contributed by atoms with Crippen molar-refractivity contribution in [3.63, 3.8) is 0 Å².